The molecule has 23 heavy (non-hydrogen) atoms. The number of rotatable bonds is 4. The van der Waals surface area contributed by atoms with Crippen LogP contribution >= 0.6 is 0 Å². The van der Waals surface area contributed by atoms with Gasteiger partial charge in [0.05, 0.1) is 11.0 Å². The molecular formula is C18H15N3O2. The summed E-state index contributed by atoms with van der Waals surface area (Å²) < 4.78 is 0. The van der Waals surface area contributed by atoms with Gasteiger partial charge in [-0.3, -0.25) is 10.1 Å². The first kappa shape index (κ1) is 14.8. The predicted octanol–water partition coefficient (Wildman–Crippen LogP) is 5.59. The van der Waals surface area contributed by atoms with Crippen molar-refractivity contribution in [3.05, 3.63) is 82.4 Å². The number of hydrogen-bond donors (Lipinski definition) is 0. The summed E-state index contributed by atoms with van der Waals surface area (Å²) in [6.45, 7) is 1.92. The van der Waals surface area contributed by atoms with E-state index >= 15 is 0 Å². The van der Waals surface area contributed by atoms with E-state index in [-0.39, 0.29) is 17.4 Å². The quantitative estimate of drug-likeness (QED) is 0.358. The Morgan fingerprint density at radius 3 is 2.43 bits per heavy atom. The number of para-hydroxylation sites is 1. The Kier molecular flexibility index (Phi) is 4.10. The summed E-state index contributed by atoms with van der Waals surface area (Å²) in [6, 6.07) is 20.4. The number of benzene rings is 3. The third-order valence-corrected chi connectivity index (χ3v) is 3.67. The van der Waals surface area contributed by atoms with Crippen LogP contribution in [0.2, 0.25) is 0 Å². The van der Waals surface area contributed by atoms with E-state index in [2.05, 4.69) is 22.4 Å². The molecule has 0 saturated carbocycles. The fourth-order valence-electron chi connectivity index (χ4n) is 2.39. The van der Waals surface area contributed by atoms with Crippen LogP contribution in [0.15, 0.2) is 77.0 Å². The lowest BCUT2D eigenvalue weighted by Crippen LogP contribution is -1.90. The van der Waals surface area contributed by atoms with E-state index in [4.69, 9.17) is 0 Å². The molecule has 0 amide bonds. The zero-order valence-electron chi connectivity index (χ0n) is 12.6. The zero-order valence-corrected chi connectivity index (χ0v) is 12.6. The summed E-state index contributed by atoms with van der Waals surface area (Å²) in [4.78, 5) is 10.5. The molecule has 1 atom stereocenters. The van der Waals surface area contributed by atoms with E-state index in [1.807, 2.05) is 37.3 Å². The lowest BCUT2D eigenvalue weighted by atomic mass is 10.0. The normalized spacial score (nSPS) is 12.6. The van der Waals surface area contributed by atoms with Gasteiger partial charge in [-0.15, -0.1) is 5.11 Å². The molecule has 0 bridgehead atoms. The minimum absolute atomic E-state index is 0.0399. The summed E-state index contributed by atoms with van der Waals surface area (Å²) in [5, 5.41) is 21.6. The Balaban J connectivity index is 1.88. The van der Waals surface area contributed by atoms with Crippen LogP contribution in [0.25, 0.3) is 10.8 Å². The Bertz CT molecular complexity index is 890. The third-order valence-electron chi connectivity index (χ3n) is 3.67. The molecule has 1 unspecified atom stereocenters. The van der Waals surface area contributed by atoms with Gasteiger partial charge in [-0.25, -0.2) is 0 Å². The standard InChI is InChI=1S/C18H15N3O2/c1-13(15-11-10-14-6-2-3-7-16(14)12-15)19-20-17-8-4-5-9-18(17)21(22)23/h2-13H,1H3. The van der Waals surface area contributed by atoms with Crippen LogP contribution in [0.5, 0.6) is 0 Å². The summed E-state index contributed by atoms with van der Waals surface area (Å²) in [7, 11) is 0. The predicted molar refractivity (Wildman–Crippen MR) is 90.0 cm³/mol. The van der Waals surface area contributed by atoms with Crippen LogP contribution < -0.4 is 0 Å². The second-order valence-corrected chi connectivity index (χ2v) is 5.24. The van der Waals surface area contributed by atoms with Gasteiger partial charge >= 0.3 is 0 Å². The van der Waals surface area contributed by atoms with Crippen LogP contribution in [0.1, 0.15) is 18.5 Å². The number of nitro groups is 1. The molecule has 0 heterocycles. The highest BCUT2D eigenvalue weighted by molar-refractivity contribution is 5.83. The maximum Gasteiger partial charge on any atom is 0.296 e. The molecule has 5 nitrogen and oxygen atoms in total. The minimum Gasteiger partial charge on any atom is -0.258 e. The Hall–Kier alpha value is -3.08. The average molecular weight is 305 g/mol. The van der Waals surface area contributed by atoms with E-state index in [0.29, 0.717) is 0 Å². The van der Waals surface area contributed by atoms with E-state index < -0.39 is 4.92 Å². The zero-order chi connectivity index (χ0) is 16.2. The second kappa shape index (κ2) is 6.36. The fourth-order valence-corrected chi connectivity index (χ4v) is 2.39. The van der Waals surface area contributed by atoms with Crippen molar-refractivity contribution >= 4 is 22.1 Å². The highest BCUT2D eigenvalue weighted by Gasteiger charge is 2.12. The van der Waals surface area contributed by atoms with Crippen molar-refractivity contribution in [1.29, 1.82) is 0 Å². The molecule has 0 aliphatic rings. The van der Waals surface area contributed by atoms with Gasteiger partial charge in [-0.05, 0) is 35.4 Å². The first-order valence-electron chi connectivity index (χ1n) is 7.28. The number of azo groups is 1. The largest absolute Gasteiger partial charge is 0.296 e. The first-order chi connectivity index (χ1) is 11.1. The van der Waals surface area contributed by atoms with Gasteiger partial charge in [0.1, 0.15) is 0 Å². The van der Waals surface area contributed by atoms with Crippen LogP contribution in [0, 0.1) is 10.1 Å². The molecule has 0 aliphatic carbocycles. The number of fused-ring (bicyclic) bond motifs is 1. The maximum atomic E-state index is 11.0. The monoisotopic (exact) mass is 305 g/mol. The van der Waals surface area contributed by atoms with Crippen molar-refractivity contribution in [3.63, 3.8) is 0 Å². The van der Waals surface area contributed by atoms with Crippen molar-refractivity contribution in [2.24, 2.45) is 10.2 Å². The van der Waals surface area contributed by atoms with Crippen LogP contribution in [-0.4, -0.2) is 4.92 Å². The molecule has 5 heteroatoms. The van der Waals surface area contributed by atoms with Crippen molar-refractivity contribution in [1.82, 2.24) is 0 Å². The van der Waals surface area contributed by atoms with Crippen molar-refractivity contribution in [2.75, 3.05) is 0 Å². The highest BCUT2D eigenvalue weighted by Crippen LogP contribution is 2.29. The molecule has 0 N–H and O–H groups in total. The molecular weight excluding hydrogens is 290 g/mol. The van der Waals surface area contributed by atoms with Crippen LogP contribution in [-0.2, 0) is 0 Å². The van der Waals surface area contributed by atoms with Gasteiger partial charge in [0.2, 0.25) is 0 Å². The summed E-state index contributed by atoms with van der Waals surface area (Å²) in [6.07, 6.45) is 0. The Morgan fingerprint density at radius 2 is 1.65 bits per heavy atom. The summed E-state index contributed by atoms with van der Waals surface area (Å²) in [5.74, 6) is 0. The minimum atomic E-state index is -0.449. The topological polar surface area (TPSA) is 67.9 Å². The van der Waals surface area contributed by atoms with Crippen molar-refractivity contribution in [2.45, 2.75) is 13.0 Å². The Morgan fingerprint density at radius 1 is 0.957 bits per heavy atom. The molecule has 0 radical (unpaired) electrons. The van der Waals surface area contributed by atoms with Gasteiger partial charge in [0.15, 0.2) is 5.69 Å². The van der Waals surface area contributed by atoms with Gasteiger partial charge in [0.25, 0.3) is 5.69 Å². The molecule has 0 spiro atoms. The Labute approximate surface area is 133 Å². The van der Waals surface area contributed by atoms with Gasteiger partial charge in [-0.2, -0.15) is 5.11 Å². The third kappa shape index (κ3) is 3.23. The lowest BCUT2D eigenvalue weighted by Gasteiger charge is -2.07. The summed E-state index contributed by atoms with van der Waals surface area (Å²) >= 11 is 0. The number of nitro benzene ring substituents is 1. The number of hydrogen-bond acceptors (Lipinski definition) is 4. The van der Waals surface area contributed by atoms with E-state index in [1.54, 1.807) is 18.2 Å². The molecule has 0 aliphatic heterocycles. The number of nitrogens with zero attached hydrogens (tertiary/aromatic N) is 3. The van der Waals surface area contributed by atoms with E-state index in [9.17, 15) is 10.1 Å². The molecule has 0 fully saturated rings. The molecule has 0 aromatic heterocycles. The molecule has 3 aromatic carbocycles. The van der Waals surface area contributed by atoms with Gasteiger partial charge in [-0.1, -0.05) is 48.5 Å². The first-order valence-corrected chi connectivity index (χ1v) is 7.28. The average Bonchev–Trinajstić information content (AvgIpc) is 2.59. The fraction of sp³-hybridized carbons (Fsp3) is 0.111. The SMILES string of the molecule is CC(N=Nc1ccccc1[N+](=O)[O-])c1ccc2ccccc2c1. The van der Waals surface area contributed by atoms with Crippen LogP contribution in [0.4, 0.5) is 11.4 Å². The van der Waals surface area contributed by atoms with Crippen molar-refractivity contribution in [3.8, 4) is 0 Å². The highest BCUT2D eigenvalue weighted by atomic mass is 16.6. The van der Waals surface area contributed by atoms with Gasteiger partial charge in [0, 0.05) is 6.07 Å². The lowest BCUT2D eigenvalue weighted by molar-refractivity contribution is -0.384. The molecule has 3 aromatic rings. The summed E-state index contributed by atoms with van der Waals surface area (Å²) in [5.41, 5.74) is 1.25. The van der Waals surface area contributed by atoms with Crippen molar-refractivity contribution < 1.29 is 4.92 Å². The molecule has 3 rings (SSSR count). The van der Waals surface area contributed by atoms with Gasteiger partial charge < -0.3 is 0 Å². The van der Waals surface area contributed by atoms with E-state index in [1.165, 1.54) is 11.5 Å². The smallest absolute Gasteiger partial charge is 0.258 e. The molecule has 114 valence electrons. The molecule has 0 saturated heterocycles. The second-order valence-electron chi connectivity index (χ2n) is 5.24. The van der Waals surface area contributed by atoms with Crippen LogP contribution in [0.3, 0.4) is 0 Å². The van der Waals surface area contributed by atoms with E-state index in [0.717, 1.165) is 10.9 Å². The maximum absolute atomic E-state index is 11.0.